The lowest BCUT2D eigenvalue weighted by Crippen LogP contribution is -2.59. The van der Waals surface area contributed by atoms with Crippen LogP contribution in [0.3, 0.4) is 0 Å². The van der Waals surface area contributed by atoms with Gasteiger partial charge < -0.3 is 31.5 Å². The molecule has 1 aliphatic rings. The van der Waals surface area contributed by atoms with Crippen molar-refractivity contribution >= 4 is 47.2 Å². The number of amides is 3. The molecule has 3 amide bonds. The van der Waals surface area contributed by atoms with Crippen LogP contribution in [0.15, 0.2) is 0 Å². The van der Waals surface area contributed by atoms with Crippen molar-refractivity contribution in [2.45, 2.75) is 62.9 Å². The Labute approximate surface area is 191 Å². The maximum Gasteiger partial charge on any atom is 0.326 e. The standard InChI is InChI=1S/C19H34N4O6S2/c1-11(24)15(22-16(25)12(20)6-9-30-2)17(26)21-13(7-10-31-3)18(27)23-8-4-5-14(23)19(28)29/h11-15,24H,4-10,20H2,1-3H3,(H,21,26)(H,22,25)(H,28,29). The van der Waals surface area contributed by atoms with Crippen LogP contribution in [0.4, 0.5) is 0 Å². The van der Waals surface area contributed by atoms with Gasteiger partial charge in [0.15, 0.2) is 0 Å². The Hall–Kier alpha value is -1.50. The molecular formula is C19H34N4O6S2. The van der Waals surface area contributed by atoms with Crippen LogP contribution < -0.4 is 16.4 Å². The van der Waals surface area contributed by atoms with Crippen molar-refractivity contribution in [1.82, 2.24) is 15.5 Å². The molecule has 12 heteroatoms. The van der Waals surface area contributed by atoms with Crippen LogP contribution in [0.1, 0.15) is 32.6 Å². The molecule has 178 valence electrons. The second-order valence-electron chi connectivity index (χ2n) is 7.49. The fourth-order valence-electron chi connectivity index (χ4n) is 3.28. The van der Waals surface area contributed by atoms with Gasteiger partial charge in [0.2, 0.25) is 17.7 Å². The number of nitrogens with two attached hydrogens (primary N) is 1. The summed E-state index contributed by atoms with van der Waals surface area (Å²) in [6, 6.07) is -3.98. The second-order valence-corrected chi connectivity index (χ2v) is 9.46. The van der Waals surface area contributed by atoms with Gasteiger partial charge in [-0.25, -0.2) is 4.79 Å². The van der Waals surface area contributed by atoms with Crippen LogP contribution in [0.25, 0.3) is 0 Å². The van der Waals surface area contributed by atoms with Gasteiger partial charge in [0, 0.05) is 6.54 Å². The number of nitrogens with one attached hydrogen (secondary N) is 2. The predicted molar refractivity (Wildman–Crippen MR) is 122 cm³/mol. The zero-order valence-electron chi connectivity index (χ0n) is 18.2. The van der Waals surface area contributed by atoms with Gasteiger partial charge in [0.05, 0.1) is 12.1 Å². The zero-order valence-corrected chi connectivity index (χ0v) is 19.8. The predicted octanol–water partition coefficient (Wildman–Crippen LogP) is -0.754. The number of thioether (sulfide) groups is 2. The third-order valence-corrected chi connectivity index (χ3v) is 6.37. The van der Waals surface area contributed by atoms with Gasteiger partial charge in [0.25, 0.3) is 0 Å². The van der Waals surface area contributed by atoms with Crippen LogP contribution in [-0.2, 0) is 19.2 Å². The first kappa shape index (κ1) is 27.5. The SMILES string of the molecule is CSCCC(N)C(=O)NC(C(=O)NC(CCSC)C(=O)N1CCCC1C(=O)O)C(C)O. The number of carboxylic acids is 1. The lowest BCUT2D eigenvalue weighted by molar-refractivity contribution is -0.149. The average molecular weight is 479 g/mol. The summed E-state index contributed by atoms with van der Waals surface area (Å²) in [5.74, 6) is -1.59. The van der Waals surface area contributed by atoms with Gasteiger partial charge >= 0.3 is 5.97 Å². The van der Waals surface area contributed by atoms with E-state index in [0.29, 0.717) is 43.7 Å². The fraction of sp³-hybridized carbons (Fsp3) is 0.789. The van der Waals surface area contributed by atoms with E-state index in [9.17, 15) is 29.4 Å². The molecule has 0 saturated carbocycles. The minimum atomic E-state index is -1.29. The fourth-order valence-corrected chi connectivity index (χ4v) is 4.24. The summed E-state index contributed by atoms with van der Waals surface area (Å²) < 4.78 is 0. The molecule has 0 radical (unpaired) electrons. The molecule has 0 spiro atoms. The maximum absolute atomic E-state index is 13.0. The number of nitrogens with zero attached hydrogens (tertiary/aromatic N) is 1. The third-order valence-electron chi connectivity index (χ3n) is 5.08. The minimum absolute atomic E-state index is 0.294. The second kappa shape index (κ2) is 13.8. The summed E-state index contributed by atoms with van der Waals surface area (Å²) >= 11 is 3.02. The summed E-state index contributed by atoms with van der Waals surface area (Å²) in [4.78, 5) is 50.9. The quantitative estimate of drug-likeness (QED) is 0.229. The molecule has 0 aromatic carbocycles. The number of aliphatic hydroxyl groups excluding tert-OH is 1. The lowest BCUT2D eigenvalue weighted by atomic mass is 10.1. The van der Waals surface area contributed by atoms with Crippen molar-refractivity contribution in [3.8, 4) is 0 Å². The number of likely N-dealkylation sites (tertiary alicyclic amines) is 1. The monoisotopic (exact) mass is 478 g/mol. The molecule has 0 aromatic rings. The Morgan fingerprint density at radius 1 is 1.10 bits per heavy atom. The molecule has 5 atom stereocenters. The first-order chi connectivity index (χ1) is 14.6. The number of aliphatic carboxylic acids is 1. The molecule has 0 bridgehead atoms. The maximum atomic E-state index is 13.0. The number of carbonyl (C=O) groups is 4. The molecule has 1 fully saturated rings. The Balaban J connectivity index is 2.90. The number of hydrogen-bond donors (Lipinski definition) is 5. The van der Waals surface area contributed by atoms with Crippen molar-refractivity contribution in [2.24, 2.45) is 5.73 Å². The third kappa shape index (κ3) is 8.51. The highest BCUT2D eigenvalue weighted by molar-refractivity contribution is 7.98. The van der Waals surface area contributed by atoms with Gasteiger partial charge in [-0.2, -0.15) is 23.5 Å². The largest absolute Gasteiger partial charge is 0.480 e. The Morgan fingerprint density at radius 2 is 1.71 bits per heavy atom. The normalized spacial score (nSPS) is 19.9. The van der Waals surface area contributed by atoms with E-state index >= 15 is 0 Å². The highest BCUT2D eigenvalue weighted by Gasteiger charge is 2.38. The van der Waals surface area contributed by atoms with E-state index in [-0.39, 0.29) is 0 Å². The number of aliphatic hydroxyl groups is 1. The van der Waals surface area contributed by atoms with E-state index in [1.807, 2.05) is 12.5 Å². The summed E-state index contributed by atoms with van der Waals surface area (Å²) in [5, 5.41) is 24.5. The van der Waals surface area contributed by atoms with Crippen molar-refractivity contribution in [3.63, 3.8) is 0 Å². The topological polar surface area (TPSA) is 162 Å². The molecule has 31 heavy (non-hydrogen) atoms. The van der Waals surface area contributed by atoms with Crippen LogP contribution in [0.5, 0.6) is 0 Å². The lowest BCUT2D eigenvalue weighted by Gasteiger charge is -2.29. The van der Waals surface area contributed by atoms with Crippen molar-refractivity contribution in [2.75, 3.05) is 30.6 Å². The highest BCUT2D eigenvalue weighted by Crippen LogP contribution is 2.19. The number of carboxylic acid groups (broad SMARTS) is 1. The van der Waals surface area contributed by atoms with Gasteiger partial charge in [-0.3, -0.25) is 14.4 Å². The Morgan fingerprint density at radius 3 is 2.26 bits per heavy atom. The summed E-state index contributed by atoms with van der Waals surface area (Å²) in [6.07, 6.45) is 4.18. The smallest absolute Gasteiger partial charge is 0.326 e. The van der Waals surface area contributed by atoms with Gasteiger partial charge in [-0.05, 0) is 56.6 Å². The first-order valence-electron chi connectivity index (χ1n) is 10.2. The Bertz CT molecular complexity index is 637. The molecule has 1 rings (SSSR count). The molecule has 5 unspecified atom stereocenters. The van der Waals surface area contributed by atoms with Crippen LogP contribution >= 0.6 is 23.5 Å². The van der Waals surface area contributed by atoms with Crippen molar-refractivity contribution in [1.29, 1.82) is 0 Å². The van der Waals surface area contributed by atoms with E-state index in [1.54, 1.807) is 0 Å². The van der Waals surface area contributed by atoms with Crippen LogP contribution in [-0.4, -0.2) is 99.6 Å². The molecule has 10 nitrogen and oxygen atoms in total. The van der Waals surface area contributed by atoms with Crippen LogP contribution in [0.2, 0.25) is 0 Å². The molecule has 1 heterocycles. The van der Waals surface area contributed by atoms with E-state index in [4.69, 9.17) is 5.73 Å². The highest BCUT2D eigenvalue weighted by atomic mass is 32.2. The van der Waals surface area contributed by atoms with E-state index in [2.05, 4.69) is 10.6 Å². The first-order valence-corrected chi connectivity index (χ1v) is 13.0. The molecular weight excluding hydrogens is 444 g/mol. The summed E-state index contributed by atoms with van der Waals surface area (Å²) in [6.45, 7) is 1.67. The molecule has 1 aliphatic heterocycles. The van der Waals surface area contributed by atoms with Gasteiger partial charge in [-0.1, -0.05) is 0 Å². The minimum Gasteiger partial charge on any atom is -0.480 e. The van der Waals surface area contributed by atoms with E-state index < -0.39 is 54.0 Å². The van der Waals surface area contributed by atoms with E-state index in [0.717, 1.165) is 0 Å². The molecule has 6 N–H and O–H groups in total. The average Bonchev–Trinajstić information content (AvgIpc) is 3.22. The number of hydrogen-bond acceptors (Lipinski definition) is 8. The number of carbonyl (C=O) groups excluding carboxylic acids is 3. The zero-order chi connectivity index (χ0) is 23.6. The van der Waals surface area contributed by atoms with Gasteiger partial charge in [0.1, 0.15) is 18.1 Å². The van der Waals surface area contributed by atoms with Gasteiger partial charge in [-0.15, -0.1) is 0 Å². The molecule has 0 aromatic heterocycles. The van der Waals surface area contributed by atoms with Crippen molar-refractivity contribution in [3.05, 3.63) is 0 Å². The Kier molecular flexibility index (Phi) is 12.3. The molecule has 0 aliphatic carbocycles. The number of rotatable bonds is 13. The van der Waals surface area contributed by atoms with Crippen LogP contribution in [0, 0.1) is 0 Å². The van der Waals surface area contributed by atoms with E-state index in [1.165, 1.54) is 35.3 Å². The summed E-state index contributed by atoms with van der Waals surface area (Å²) in [5.41, 5.74) is 5.84. The van der Waals surface area contributed by atoms with Crippen molar-refractivity contribution < 1.29 is 29.4 Å². The molecule has 1 saturated heterocycles. The summed E-state index contributed by atoms with van der Waals surface area (Å²) in [7, 11) is 0.